The van der Waals surface area contributed by atoms with Crippen molar-refractivity contribution >= 4 is 21.4 Å². The van der Waals surface area contributed by atoms with E-state index in [0.717, 1.165) is 16.8 Å². The topological polar surface area (TPSA) is 98.1 Å². The average Bonchev–Trinajstić information content (AvgIpc) is 2.57. The molecule has 1 heterocycles. The molecular weight excluding hydrogens is 356 g/mol. The van der Waals surface area contributed by atoms with Crippen LogP contribution >= 0.6 is 0 Å². The number of hydrogen-bond acceptors (Lipinski definition) is 5. The van der Waals surface area contributed by atoms with Crippen LogP contribution in [0, 0.1) is 0 Å². The molecule has 7 nitrogen and oxygen atoms in total. The molecule has 0 aliphatic heterocycles. The summed E-state index contributed by atoms with van der Waals surface area (Å²) in [7, 11) is -4.69. The number of anilines is 1. The fourth-order valence-electron chi connectivity index (χ4n) is 1.97. The quantitative estimate of drug-likeness (QED) is 0.836. The van der Waals surface area contributed by atoms with Gasteiger partial charge in [-0.15, -0.1) is 0 Å². The maximum atomic E-state index is 12.5. The van der Waals surface area contributed by atoms with Gasteiger partial charge in [0.1, 0.15) is 5.69 Å². The van der Waals surface area contributed by atoms with E-state index >= 15 is 0 Å². The summed E-state index contributed by atoms with van der Waals surface area (Å²) in [5, 5.41) is 6.39. The number of alkyl halides is 2. The molecule has 0 radical (unpaired) electrons. The molecule has 10 heteroatoms. The zero-order chi connectivity index (χ0) is 18.6. The van der Waals surface area contributed by atoms with E-state index in [-0.39, 0.29) is 16.9 Å². The van der Waals surface area contributed by atoms with Crippen molar-refractivity contribution in [2.24, 2.45) is 0 Å². The second-order valence-corrected chi connectivity index (χ2v) is 6.98. The van der Waals surface area contributed by atoms with E-state index in [4.69, 9.17) is 0 Å². The first-order valence-corrected chi connectivity index (χ1v) is 8.82. The van der Waals surface area contributed by atoms with Crippen molar-refractivity contribution in [2.75, 3.05) is 5.32 Å². The van der Waals surface area contributed by atoms with Gasteiger partial charge in [0.2, 0.25) is 9.84 Å². The lowest BCUT2D eigenvalue weighted by Gasteiger charge is -2.08. The first-order chi connectivity index (χ1) is 11.8. The number of rotatable bonds is 6. The number of amides is 1. The number of carbonyl (C=O) groups is 1. The van der Waals surface area contributed by atoms with E-state index in [1.807, 2.05) is 6.92 Å². The van der Waals surface area contributed by atoms with Crippen LogP contribution in [0.5, 0.6) is 0 Å². The zero-order valence-electron chi connectivity index (χ0n) is 13.1. The zero-order valence-corrected chi connectivity index (χ0v) is 14.0. The van der Waals surface area contributed by atoms with Gasteiger partial charge in [0.05, 0.1) is 4.90 Å². The number of aromatic nitrogens is 2. The Morgan fingerprint density at radius 3 is 2.40 bits per heavy atom. The lowest BCUT2D eigenvalue weighted by molar-refractivity contribution is 0.101. The number of aryl methyl sites for hydroxylation is 1. The summed E-state index contributed by atoms with van der Waals surface area (Å²) < 4.78 is 48.8. The predicted molar refractivity (Wildman–Crippen MR) is 86.4 cm³/mol. The Kier molecular flexibility index (Phi) is 5.62. The number of halogens is 2. The number of nitrogens with zero attached hydrogens (tertiary/aromatic N) is 2. The third kappa shape index (κ3) is 4.27. The van der Waals surface area contributed by atoms with Crippen molar-refractivity contribution in [3.63, 3.8) is 0 Å². The lowest BCUT2D eigenvalue weighted by atomic mass is 10.3. The normalized spacial score (nSPS) is 11.5. The fourth-order valence-corrected chi connectivity index (χ4v) is 2.69. The van der Waals surface area contributed by atoms with E-state index in [1.54, 1.807) is 0 Å². The van der Waals surface area contributed by atoms with Crippen LogP contribution in [0.1, 0.15) is 23.8 Å². The van der Waals surface area contributed by atoms with Crippen LogP contribution in [0.4, 0.5) is 14.5 Å². The van der Waals surface area contributed by atoms with Gasteiger partial charge in [0.15, 0.2) is 0 Å². The lowest BCUT2D eigenvalue weighted by Crippen LogP contribution is -2.26. The second-order valence-electron chi connectivity index (χ2n) is 5.06. The van der Waals surface area contributed by atoms with Crippen molar-refractivity contribution in [3.8, 4) is 0 Å². The Balaban J connectivity index is 2.19. The van der Waals surface area contributed by atoms with Gasteiger partial charge in [0, 0.05) is 18.3 Å². The summed E-state index contributed by atoms with van der Waals surface area (Å²) in [5.74, 6) is -4.13. The molecule has 2 aromatic rings. The molecule has 0 aliphatic rings. The van der Waals surface area contributed by atoms with Crippen LogP contribution in [0.3, 0.4) is 0 Å². The van der Waals surface area contributed by atoms with Crippen LogP contribution in [-0.4, -0.2) is 29.9 Å². The Morgan fingerprint density at radius 2 is 1.84 bits per heavy atom. The maximum Gasteiger partial charge on any atom is 0.341 e. The molecule has 0 bridgehead atoms. The molecule has 0 atom stereocenters. The summed E-state index contributed by atoms with van der Waals surface area (Å²) in [6.07, 6.45) is 0.665. The van der Waals surface area contributed by atoms with Crippen molar-refractivity contribution in [1.82, 2.24) is 9.78 Å². The fraction of sp³-hybridized carbons (Fsp3) is 0.267. The minimum atomic E-state index is -4.69. The Labute approximate surface area is 142 Å². The van der Waals surface area contributed by atoms with Gasteiger partial charge in [-0.1, -0.05) is 6.92 Å². The number of nitrogens with one attached hydrogen (secondary N) is 1. The Bertz CT molecular complexity index is 925. The summed E-state index contributed by atoms with van der Waals surface area (Å²) in [4.78, 5) is 23.2. The predicted octanol–water partition coefficient (Wildman–Crippen LogP) is 1.90. The molecule has 0 saturated heterocycles. The van der Waals surface area contributed by atoms with E-state index < -0.39 is 26.4 Å². The maximum absolute atomic E-state index is 12.5. The molecule has 0 unspecified atom stereocenters. The third-order valence-electron chi connectivity index (χ3n) is 3.21. The van der Waals surface area contributed by atoms with Crippen LogP contribution < -0.4 is 10.9 Å². The Morgan fingerprint density at radius 1 is 1.20 bits per heavy atom. The summed E-state index contributed by atoms with van der Waals surface area (Å²) in [6, 6.07) is 6.81. The molecule has 25 heavy (non-hydrogen) atoms. The van der Waals surface area contributed by atoms with Crippen molar-refractivity contribution in [1.29, 1.82) is 0 Å². The van der Waals surface area contributed by atoms with Gasteiger partial charge in [-0.05, 0) is 36.8 Å². The van der Waals surface area contributed by atoms with Crippen LogP contribution in [0.25, 0.3) is 0 Å². The highest BCUT2D eigenvalue weighted by Gasteiger charge is 2.26. The first-order valence-electron chi connectivity index (χ1n) is 7.27. The first kappa shape index (κ1) is 18.7. The number of sulfone groups is 1. The molecule has 1 amide bonds. The van der Waals surface area contributed by atoms with Gasteiger partial charge in [-0.3, -0.25) is 9.59 Å². The van der Waals surface area contributed by atoms with Crippen LogP contribution in [0.2, 0.25) is 0 Å². The third-order valence-corrected chi connectivity index (χ3v) is 4.61. The largest absolute Gasteiger partial charge is 0.341 e. The van der Waals surface area contributed by atoms with Gasteiger partial charge in [-0.2, -0.15) is 13.9 Å². The van der Waals surface area contributed by atoms with Crippen molar-refractivity contribution in [2.45, 2.75) is 30.5 Å². The van der Waals surface area contributed by atoms with E-state index in [9.17, 15) is 26.8 Å². The molecule has 0 fully saturated rings. The second kappa shape index (κ2) is 7.51. The molecule has 134 valence electrons. The number of hydrogen-bond donors (Lipinski definition) is 1. The molecular formula is C15H15F2N3O4S. The highest BCUT2D eigenvalue weighted by molar-refractivity contribution is 7.91. The van der Waals surface area contributed by atoms with E-state index in [2.05, 4.69) is 10.4 Å². The SMILES string of the molecule is CCCn1nc(C(=O)Nc2ccc(S(=O)(=O)C(F)F)cc2)ccc1=O. The molecule has 0 spiro atoms. The monoisotopic (exact) mass is 371 g/mol. The van der Waals surface area contributed by atoms with E-state index in [1.165, 1.54) is 24.3 Å². The highest BCUT2D eigenvalue weighted by Crippen LogP contribution is 2.20. The van der Waals surface area contributed by atoms with Crippen molar-refractivity contribution < 1.29 is 22.0 Å². The molecule has 0 aliphatic carbocycles. The molecule has 1 aromatic carbocycles. The molecule has 1 aromatic heterocycles. The van der Waals surface area contributed by atoms with Crippen molar-refractivity contribution in [3.05, 3.63) is 52.4 Å². The molecule has 1 N–H and O–H groups in total. The number of carbonyl (C=O) groups excluding carboxylic acids is 1. The highest BCUT2D eigenvalue weighted by atomic mass is 32.2. The van der Waals surface area contributed by atoms with Gasteiger partial charge < -0.3 is 5.32 Å². The number of benzene rings is 1. The molecule has 0 saturated carbocycles. The summed E-state index contributed by atoms with van der Waals surface area (Å²) in [6.45, 7) is 2.22. The van der Waals surface area contributed by atoms with Gasteiger partial charge >= 0.3 is 5.76 Å². The van der Waals surface area contributed by atoms with Gasteiger partial charge in [-0.25, -0.2) is 13.1 Å². The average molecular weight is 371 g/mol. The summed E-state index contributed by atoms with van der Waals surface area (Å²) in [5.41, 5.74) is -0.134. The van der Waals surface area contributed by atoms with E-state index in [0.29, 0.717) is 13.0 Å². The Hall–Kier alpha value is -2.62. The van der Waals surface area contributed by atoms with Gasteiger partial charge in [0.25, 0.3) is 11.5 Å². The molecule has 2 rings (SSSR count). The minimum absolute atomic E-state index is 0.00247. The summed E-state index contributed by atoms with van der Waals surface area (Å²) >= 11 is 0. The van der Waals surface area contributed by atoms with Crippen LogP contribution in [-0.2, 0) is 16.4 Å². The smallest absolute Gasteiger partial charge is 0.321 e. The minimum Gasteiger partial charge on any atom is -0.321 e. The standard InChI is InChI=1S/C15H15F2N3O4S/c1-2-9-20-13(21)8-7-12(19-20)14(22)18-10-3-5-11(6-4-10)25(23,24)15(16)17/h3-8,15H,2,9H2,1H3,(H,18,22). The van der Waals surface area contributed by atoms with Crippen LogP contribution in [0.15, 0.2) is 46.1 Å².